The van der Waals surface area contributed by atoms with Gasteiger partial charge in [0, 0.05) is 13.1 Å². The maximum atomic E-state index is 13.4. The highest BCUT2D eigenvalue weighted by Crippen LogP contribution is 2.30. The lowest BCUT2D eigenvalue weighted by molar-refractivity contribution is -0.115. The van der Waals surface area contributed by atoms with E-state index in [-0.39, 0.29) is 6.42 Å². The largest absolute Gasteiger partial charge is 0.370 e. The van der Waals surface area contributed by atoms with E-state index in [1.807, 2.05) is 0 Å². The second-order valence-electron chi connectivity index (χ2n) is 5.24. The minimum Gasteiger partial charge on any atom is -0.370 e. The zero-order chi connectivity index (χ0) is 14.5. The molecule has 1 saturated heterocycles. The number of hydrogen-bond donors (Lipinski definition) is 1. The Morgan fingerprint density at radius 2 is 2.40 bits per heavy atom. The normalized spacial score (nSPS) is 18.4. The number of hydrogen-bond acceptors (Lipinski definition) is 3. The number of amides is 1. The third kappa shape index (κ3) is 3.47. The molecule has 0 aromatic heterocycles. The summed E-state index contributed by atoms with van der Waals surface area (Å²) in [5.74, 6) is -0.230. The van der Waals surface area contributed by atoms with Crippen LogP contribution >= 0.6 is 0 Å². The monoisotopic (exact) mass is 275 g/mol. The van der Waals surface area contributed by atoms with E-state index in [1.54, 1.807) is 12.1 Å². The molecule has 1 unspecified atom stereocenters. The number of rotatable bonds is 3. The summed E-state index contributed by atoms with van der Waals surface area (Å²) in [5, 5.41) is 11.1. The van der Waals surface area contributed by atoms with E-state index in [4.69, 9.17) is 5.26 Å². The van der Waals surface area contributed by atoms with E-state index < -0.39 is 11.7 Å². The SMILES string of the molecule is CC1CCCN(c2ccc(F)cc2NC(=O)CC#N)C1. The molecule has 1 fully saturated rings. The first kappa shape index (κ1) is 14.3. The molecule has 0 aliphatic carbocycles. The van der Waals surface area contributed by atoms with Gasteiger partial charge in [-0.2, -0.15) is 5.26 Å². The lowest BCUT2D eigenvalue weighted by Gasteiger charge is -2.34. The summed E-state index contributed by atoms with van der Waals surface area (Å²) < 4.78 is 13.4. The van der Waals surface area contributed by atoms with Gasteiger partial charge in [0.15, 0.2) is 0 Å². The van der Waals surface area contributed by atoms with Gasteiger partial charge >= 0.3 is 0 Å². The molecule has 1 aliphatic rings. The van der Waals surface area contributed by atoms with Crippen LogP contribution in [0.25, 0.3) is 0 Å². The first-order chi connectivity index (χ1) is 9.60. The molecule has 1 atom stereocenters. The fourth-order valence-electron chi connectivity index (χ4n) is 2.56. The number of nitriles is 1. The van der Waals surface area contributed by atoms with E-state index in [0.717, 1.165) is 25.2 Å². The van der Waals surface area contributed by atoms with Crippen molar-refractivity contribution in [3.63, 3.8) is 0 Å². The van der Waals surface area contributed by atoms with Gasteiger partial charge in [-0.1, -0.05) is 6.92 Å². The first-order valence-electron chi connectivity index (χ1n) is 6.81. The van der Waals surface area contributed by atoms with Crippen molar-refractivity contribution >= 4 is 17.3 Å². The molecule has 4 nitrogen and oxygen atoms in total. The van der Waals surface area contributed by atoms with Crippen LogP contribution in [0.1, 0.15) is 26.2 Å². The van der Waals surface area contributed by atoms with E-state index in [9.17, 15) is 9.18 Å². The van der Waals surface area contributed by atoms with Crippen LogP contribution < -0.4 is 10.2 Å². The van der Waals surface area contributed by atoms with Gasteiger partial charge in [0.1, 0.15) is 12.2 Å². The van der Waals surface area contributed by atoms with E-state index in [1.165, 1.54) is 18.6 Å². The predicted molar refractivity (Wildman–Crippen MR) is 75.9 cm³/mol. The van der Waals surface area contributed by atoms with Crippen molar-refractivity contribution in [2.45, 2.75) is 26.2 Å². The van der Waals surface area contributed by atoms with Crippen LogP contribution in [0.15, 0.2) is 18.2 Å². The minimum absolute atomic E-state index is 0.230. The fraction of sp³-hybridized carbons (Fsp3) is 0.467. The quantitative estimate of drug-likeness (QED) is 0.922. The maximum absolute atomic E-state index is 13.4. The van der Waals surface area contributed by atoms with Crippen LogP contribution in [0.3, 0.4) is 0 Å². The van der Waals surface area contributed by atoms with Crippen molar-refractivity contribution in [3.8, 4) is 6.07 Å². The number of carbonyl (C=O) groups is 1. The summed E-state index contributed by atoms with van der Waals surface area (Å²) in [4.78, 5) is 13.7. The molecule has 0 bridgehead atoms. The van der Waals surface area contributed by atoms with Crippen molar-refractivity contribution < 1.29 is 9.18 Å². The molecule has 1 aliphatic heterocycles. The highest BCUT2D eigenvalue weighted by atomic mass is 19.1. The number of benzene rings is 1. The van der Waals surface area contributed by atoms with Crippen LogP contribution in [0.5, 0.6) is 0 Å². The van der Waals surface area contributed by atoms with Crippen LogP contribution in [0, 0.1) is 23.1 Å². The lowest BCUT2D eigenvalue weighted by atomic mass is 9.99. The Morgan fingerprint density at radius 1 is 1.60 bits per heavy atom. The molecule has 1 aromatic carbocycles. The Balaban J connectivity index is 2.23. The highest BCUT2D eigenvalue weighted by molar-refractivity contribution is 5.95. The molecule has 20 heavy (non-hydrogen) atoms. The molecule has 1 aromatic rings. The molecule has 0 radical (unpaired) electrons. The second kappa shape index (κ2) is 6.38. The van der Waals surface area contributed by atoms with Crippen molar-refractivity contribution in [2.24, 2.45) is 5.92 Å². The molecule has 1 amide bonds. The van der Waals surface area contributed by atoms with Gasteiger partial charge in [-0.25, -0.2) is 4.39 Å². The zero-order valence-electron chi connectivity index (χ0n) is 11.5. The number of anilines is 2. The topological polar surface area (TPSA) is 56.1 Å². The third-order valence-electron chi connectivity index (χ3n) is 3.47. The summed E-state index contributed by atoms with van der Waals surface area (Å²) in [6.45, 7) is 3.98. The number of piperidine rings is 1. The van der Waals surface area contributed by atoms with Gasteiger partial charge in [-0.15, -0.1) is 0 Å². The van der Waals surface area contributed by atoms with Crippen molar-refractivity contribution in [2.75, 3.05) is 23.3 Å². The van der Waals surface area contributed by atoms with Crippen molar-refractivity contribution in [1.29, 1.82) is 5.26 Å². The highest BCUT2D eigenvalue weighted by Gasteiger charge is 2.20. The molecule has 0 saturated carbocycles. The van der Waals surface area contributed by atoms with Gasteiger partial charge in [0.2, 0.25) is 5.91 Å². The third-order valence-corrected chi connectivity index (χ3v) is 3.47. The Bertz CT molecular complexity index is 538. The lowest BCUT2D eigenvalue weighted by Crippen LogP contribution is -2.34. The number of nitrogens with one attached hydrogen (secondary N) is 1. The van der Waals surface area contributed by atoms with Crippen LogP contribution in [0.2, 0.25) is 0 Å². The Kier molecular flexibility index (Phi) is 4.57. The van der Waals surface area contributed by atoms with Gasteiger partial charge in [0.05, 0.1) is 17.4 Å². The van der Waals surface area contributed by atoms with E-state index >= 15 is 0 Å². The van der Waals surface area contributed by atoms with Gasteiger partial charge in [-0.3, -0.25) is 4.79 Å². The number of nitrogens with zero attached hydrogens (tertiary/aromatic N) is 2. The predicted octanol–water partition coefficient (Wildman–Crippen LogP) is 2.91. The Labute approximate surface area is 118 Å². The van der Waals surface area contributed by atoms with Crippen LogP contribution in [-0.4, -0.2) is 19.0 Å². The van der Waals surface area contributed by atoms with Gasteiger partial charge in [0.25, 0.3) is 0 Å². The molecule has 1 N–H and O–H groups in total. The molecule has 1 heterocycles. The summed E-state index contributed by atoms with van der Waals surface area (Å²) in [7, 11) is 0. The summed E-state index contributed by atoms with van der Waals surface area (Å²) in [6, 6.07) is 6.19. The smallest absolute Gasteiger partial charge is 0.238 e. The fourth-order valence-corrected chi connectivity index (χ4v) is 2.56. The Hall–Kier alpha value is -2.09. The number of halogens is 1. The average Bonchev–Trinajstić information content (AvgIpc) is 2.39. The second-order valence-corrected chi connectivity index (χ2v) is 5.24. The van der Waals surface area contributed by atoms with Crippen molar-refractivity contribution in [3.05, 3.63) is 24.0 Å². The van der Waals surface area contributed by atoms with Gasteiger partial charge in [-0.05, 0) is 37.0 Å². The van der Waals surface area contributed by atoms with Crippen LogP contribution in [0.4, 0.5) is 15.8 Å². The summed E-state index contributed by atoms with van der Waals surface area (Å²) in [5.41, 5.74) is 1.27. The Morgan fingerprint density at radius 3 is 3.10 bits per heavy atom. The summed E-state index contributed by atoms with van der Waals surface area (Å²) >= 11 is 0. The summed E-state index contributed by atoms with van der Waals surface area (Å²) in [6.07, 6.45) is 2.05. The first-order valence-corrected chi connectivity index (χ1v) is 6.81. The maximum Gasteiger partial charge on any atom is 0.238 e. The average molecular weight is 275 g/mol. The van der Waals surface area contributed by atoms with E-state index in [0.29, 0.717) is 11.6 Å². The molecule has 2 rings (SSSR count). The standard InChI is InChI=1S/C15H18FN3O/c1-11-3-2-8-19(10-11)14-5-4-12(16)9-13(14)18-15(20)6-7-17/h4-5,9,11H,2-3,6,8,10H2,1H3,(H,18,20). The molecule has 5 heteroatoms. The molecular weight excluding hydrogens is 257 g/mol. The zero-order valence-corrected chi connectivity index (χ0v) is 11.5. The minimum atomic E-state index is -0.413. The van der Waals surface area contributed by atoms with E-state index in [2.05, 4.69) is 17.1 Å². The number of carbonyl (C=O) groups excluding carboxylic acids is 1. The van der Waals surface area contributed by atoms with Crippen LogP contribution in [-0.2, 0) is 4.79 Å². The molecular formula is C15H18FN3O. The van der Waals surface area contributed by atoms with Crippen molar-refractivity contribution in [1.82, 2.24) is 0 Å². The van der Waals surface area contributed by atoms with Gasteiger partial charge < -0.3 is 10.2 Å². The molecule has 0 spiro atoms. The molecule has 106 valence electrons.